The molecule has 1 saturated heterocycles. The van der Waals surface area contributed by atoms with E-state index in [0.717, 1.165) is 16.2 Å². The summed E-state index contributed by atoms with van der Waals surface area (Å²) in [6, 6.07) is 6.11. The number of esters is 1. The molecule has 9 heteroatoms. The molecule has 3 amide bonds. The van der Waals surface area contributed by atoms with Crippen molar-refractivity contribution in [1.82, 2.24) is 0 Å². The van der Waals surface area contributed by atoms with Crippen LogP contribution in [0.15, 0.2) is 24.3 Å². The zero-order valence-corrected chi connectivity index (χ0v) is 17.6. The second kappa shape index (κ2) is 8.58. The molecule has 0 bridgehead atoms. The summed E-state index contributed by atoms with van der Waals surface area (Å²) in [5, 5.41) is 2.87. The van der Waals surface area contributed by atoms with E-state index in [0.29, 0.717) is 16.1 Å². The van der Waals surface area contributed by atoms with Crippen LogP contribution < -0.4 is 10.2 Å². The van der Waals surface area contributed by atoms with Crippen molar-refractivity contribution in [3.05, 3.63) is 45.8 Å². The van der Waals surface area contributed by atoms with Gasteiger partial charge in [0.1, 0.15) is 5.00 Å². The highest BCUT2D eigenvalue weighted by molar-refractivity contribution is 7.18. The topological polar surface area (TPSA) is 110 Å². The Balaban J connectivity index is 1.93. The highest BCUT2D eigenvalue weighted by Gasteiger charge is 2.31. The van der Waals surface area contributed by atoms with Gasteiger partial charge in [-0.15, -0.1) is 11.3 Å². The van der Waals surface area contributed by atoms with Gasteiger partial charge in [-0.05, 0) is 44.5 Å². The molecule has 2 aromatic rings. The van der Waals surface area contributed by atoms with Crippen LogP contribution in [0.3, 0.4) is 0 Å². The minimum absolute atomic E-state index is 0.139. The maximum Gasteiger partial charge on any atom is 0.341 e. The molecule has 0 atom stereocenters. The van der Waals surface area contributed by atoms with Crippen molar-refractivity contribution in [2.24, 2.45) is 0 Å². The normalized spacial score (nSPS) is 13.5. The first-order chi connectivity index (χ1) is 14.2. The Morgan fingerprint density at radius 2 is 1.83 bits per heavy atom. The molecule has 1 aliphatic rings. The van der Waals surface area contributed by atoms with Crippen molar-refractivity contribution in [1.29, 1.82) is 0 Å². The highest BCUT2D eigenvalue weighted by atomic mass is 32.1. The summed E-state index contributed by atoms with van der Waals surface area (Å²) in [5.74, 6) is -2.03. The van der Waals surface area contributed by atoms with E-state index in [1.165, 1.54) is 19.1 Å². The van der Waals surface area contributed by atoms with Gasteiger partial charge in [-0.1, -0.05) is 6.07 Å². The maximum absolute atomic E-state index is 12.8. The smallest absolute Gasteiger partial charge is 0.341 e. The first-order valence-corrected chi connectivity index (χ1v) is 10.1. The third-order valence-electron chi connectivity index (χ3n) is 4.59. The predicted molar refractivity (Wildman–Crippen MR) is 111 cm³/mol. The number of carbonyl (C=O) groups is 5. The van der Waals surface area contributed by atoms with Crippen LogP contribution >= 0.6 is 11.3 Å². The number of benzene rings is 1. The van der Waals surface area contributed by atoms with E-state index < -0.39 is 11.9 Å². The van der Waals surface area contributed by atoms with Gasteiger partial charge in [0.2, 0.25) is 11.8 Å². The summed E-state index contributed by atoms with van der Waals surface area (Å²) in [4.78, 5) is 62.5. The first-order valence-electron chi connectivity index (χ1n) is 9.33. The van der Waals surface area contributed by atoms with Gasteiger partial charge in [0.25, 0.3) is 5.91 Å². The van der Waals surface area contributed by atoms with Crippen LogP contribution in [-0.2, 0) is 14.3 Å². The van der Waals surface area contributed by atoms with Crippen molar-refractivity contribution in [3.63, 3.8) is 0 Å². The largest absolute Gasteiger partial charge is 0.462 e. The van der Waals surface area contributed by atoms with Crippen LogP contribution in [0.5, 0.6) is 0 Å². The number of nitrogens with one attached hydrogen (secondary N) is 1. The molecule has 1 fully saturated rings. The van der Waals surface area contributed by atoms with Crippen LogP contribution in [-0.4, -0.2) is 36.1 Å². The molecular formula is C21H20N2O6S. The average molecular weight is 428 g/mol. The third kappa shape index (κ3) is 4.02. The molecule has 1 aromatic carbocycles. The van der Waals surface area contributed by atoms with Crippen LogP contribution in [0.2, 0.25) is 0 Å². The fraction of sp³-hybridized carbons (Fsp3) is 0.286. The molecule has 0 spiro atoms. The van der Waals surface area contributed by atoms with Gasteiger partial charge in [-0.3, -0.25) is 24.1 Å². The number of rotatable bonds is 6. The molecule has 1 aromatic heterocycles. The van der Waals surface area contributed by atoms with Crippen LogP contribution in [0, 0.1) is 6.92 Å². The summed E-state index contributed by atoms with van der Waals surface area (Å²) in [6.07, 6.45) is 0.279. The minimum Gasteiger partial charge on any atom is -0.462 e. The number of ketones is 1. The van der Waals surface area contributed by atoms with Gasteiger partial charge in [0.05, 0.1) is 22.7 Å². The summed E-state index contributed by atoms with van der Waals surface area (Å²) in [6.45, 7) is 4.82. The zero-order chi connectivity index (χ0) is 22.0. The Kier molecular flexibility index (Phi) is 6.12. The van der Waals surface area contributed by atoms with Crippen molar-refractivity contribution >= 4 is 51.5 Å². The summed E-state index contributed by atoms with van der Waals surface area (Å²) in [7, 11) is 0. The molecule has 156 valence electrons. The Hall–Kier alpha value is -3.33. The molecule has 8 nitrogen and oxygen atoms in total. The first kappa shape index (κ1) is 21.4. The summed E-state index contributed by atoms with van der Waals surface area (Å²) < 4.78 is 5.06. The number of anilines is 2. The Bertz CT molecular complexity index is 1060. The number of nitrogens with zero attached hydrogens (tertiary/aromatic N) is 1. The molecule has 1 N–H and O–H groups in total. The van der Waals surface area contributed by atoms with Gasteiger partial charge >= 0.3 is 5.97 Å². The van der Waals surface area contributed by atoms with Crippen LogP contribution in [0.25, 0.3) is 0 Å². The lowest BCUT2D eigenvalue weighted by atomic mass is 10.1. The third-order valence-corrected chi connectivity index (χ3v) is 5.90. The molecule has 1 aliphatic heterocycles. The monoisotopic (exact) mass is 428 g/mol. The number of Topliss-reactive ketones (excluding diaryl/α,β-unsaturated/α-hetero) is 1. The second-order valence-corrected chi connectivity index (χ2v) is 7.68. The van der Waals surface area contributed by atoms with Gasteiger partial charge in [0, 0.05) is 18.4 Å². The molecular weight excluding hydrogens is 408 g/mol. The van der Waals surface area contributed by atoms with Gasteiger partial charge in [0.15, 0.2) is 5.78 Å². The molecule has 2 heterocycles. The number of imide groups is 1. The Labute approximate surface area is 176 Å². The standard InChI is InChI=1S/C21H20N2O6S/c1-4-29-21(28)17-11(2)18(12(3)24)30-20(17)22-19(27)13-6-5-7-14(10-13)23-15(25)8-9-16(23)26/h5-7,10H,4,8-9H2,1-3H3,(H,22,27). The average Bonchev–Trinajstić information content (AvgIpc) is 3.20. The van der Waals surface area contributed by atoms with E-state index in [4.69, 9.17) is 4.74 Å². The van der Waals surface area contributed by atoms with E-state index in [2.05, 4.69) is 5.32 Å². The Morgan fingerprint density at radius 1 is 1.17 bits per heavy atom. The summed E-state index contributed by atoms with van der Waals surface area (Å²) in [5.41, 5.74) is 1.10. The fourth-order valence-corrected chi connectivity index (χ4v) is 4.30. The van der Waals surface area contributed by atoms with Crippen molar-refractivity contribution in [2.75, 3.05) is 16.8 Å². The molecule has 3 rings (SSSR count). The lowest BCUT2D eigenvalue weighted by molar-refractivity contribution is -0.121. The number of carbonyl (C=O) groups excluding carboxylic acids is 5. The van der Waals surface area contributed by atoms with Gasteiger partial charge < -0.3 is 10.1 Å². The molecule has 0 unspecified atom stereocenters. The number of amides is 3. The van der Waals surface area contributed by atoms with Crippen LogP contribution in [0.1, 0.15) is 62.6 Å². The number of hydrogen-bond acceptors (Lipinski definition) is 7. The SMILES string of the molecule is CCOC(=O)c1c(NC(=O)c2cccc(N3C(=O)CCC3=O)c2)sc(C(C)=O)c1C. The van der Waals surface area contributed by atoms with E-state index >= 15 is 0 Å². The lowest BCUT2D eigenvalue weighted by Gasteiger charge is -2.15. The van der Waals surface area contributed by atoms with E-state index in [1.807, 2.05) is 0 Å². The minimum atomic E-state index is -0.629. The van der Waals surface area contributed by atoms with Crippen molar-refractivity contribution in [2.45, 2.75) is 33.6 Å². The van der Waals surface area contributed by atoms with E-state index in [-0.39, 0.29) is 53.2 Å². The number of thiophene rings is 1. The maximum atomic E-state index is 12.8. The van der Waals surface area contributed by atoms with E-state index in [9.17, 15) is 24.0 Å². The van der Waals surface area contributed by atoms with Crippen LogP contribution in [0.4, 0.5) is 10.7 Å². The van der Waals surface area contributed by atoms with Crippen molar-refractivity contribution in [3.8, 4) is 0 Å². The van der Waals surface area contributed by atoms with Gasteiger partial charge in [-0.25, -0.2) is 4.79 Å². The lowest BCUT2D eigenvalue weighted by Crippen LogP contribution is -2.28. The second-order valence-electron chi connectivity index (χ2n) is 6.66. The summed E-state index contributed by atoms with van der Waals surface area (Å²) >= 11 is 1.00. The highest BCUT2D eigenvalue weighted by Crippen LogP contribution is 2.34. The Morgan fingerprint density at radius 3 is 2.43 bits per heavy atom. The zero-order valence-electron chi connectivity index (χ0n) is 16.7. The van der Waals surface area contributed by atoms with Crippen molar-refractivity contribution < 1.29 is 28.7 Å². The molecule has 30 heavy (non-hydrogen) atoms. The number of hydrogen-bond donors (Lipinski definition) is 1. The quantitative estimate of drug-likeness (QED) is 0.429. The van der Waals surface area contributed by atoms with Gasteiger partial charge in [-0.2, -0.15) is 0 Å². The molecule has 0 saturated carbocycles. The molecule has 0 aliphatic carbocycles. The fourth-order valence-electron chi connectivity index (χ4n) is 3.21. The van der Waals surface area contributed by atoms with E-state index in [1.54, 1.807) is 26.0 Å². The predicted octanol–water partition coefficient (Wildman–Crippen LogP) is 3.34. The molecule has 0 radical (unpaired) electrons. The number of ether oxygens (including phenoxy) is 1.